The number of allylic oxidation sites excluding steroid dienone is 2. The van der Waals surface area contributed by atoms with Crippen molar-refractivity contribution in [3.05, 3.63) is 92.3 Å². The van der Waals surface area contributed by atoms with Crippen molar-refractivity contribution in [3.8, 4) is 0 Å². The number of dihydropyridines is 1. The molecule has 1 fully saturated rings. The third-order valence-corrected chi connectivity index (χ3v) is 7.27. The molecule has 10 nitrogen and oxygen atoms in total. The number of nitrogens with zero attached hydrogens (tertiary/aromatic N) is 3. The summed E-state index contributed by atoms with van der Waals surface area (Å²) < 4.78 is 10.7. The largest absolute Gasteiger partial charge is 0.466 e. The number of nitro benzene ring substituents is 1. The number of hydrogen-bond donors (Lipinski definition) is 1. The number of piperazine rings is 1. The smallest absolute Gasteiger partial charge is 0.336 e. The lowest BCUT2D eigenvalue weighted by Crippen LogP contribution is -2.47. The van der Waals surface area contributed by atoms with E-state index in [0.717, 1.165) is 26.2 Å². The molecule has 1 unspecified atom stereocenters. The van der Waals surface area contributed by atoms with E-state index in [0.29, 0.717) is 23.5 Å². The number of esters is 2. The predicted octanol–water partition coefficient (Wildman–Crippen LogP) is 3.68. The molecular weight excluding hydrogens is 500 g/mol. The fourth-order valence-electron chi connectivity index (χ4n) is 5.27. The molecule has 1 N–H and O–H groups in total. The number of para-hydroxylation sites is 1. The molecule has 0 radical (unpaired) electrons. The van der Waals surface area contributed by atoms with Crippen molar-refractivity contribution >= 4 is 23.3 Å². The van der Waals surface area contributed by atoms with E-state index in [1.165, 1.54) is 36.6 Å². The molecule has 1 atom stereocenters. The summed E-state index contributed by atoms with van der Waals surface area (Å²) in [5, 5.41) is 14.5. The van der Waals surface area contributed by atoms with Crippen LogP contribution in [0.15, 0.2) is 71.1 Å². The minimum atomic E-state index is -0.872. The van der Waals surface area contributed by atoms with Gasteiger partial charge in [-0.05, 0) is 38.0 Å². The minimum absolute atomic E-state index is 0.136. The molecular formula is C29H34N4O6. The number of nitro groups is 1. The van der Waals surface area contributed by atoms with Crippen LogP contribution >= 0.6 is 0 Å². The van der Waals surface area contributed by atoms with E-state index in [2.05, 4.69) is 34.2 Å². The Balaban J connectivity index is 1.46. The van der Waals surface area contributed by atoms with Gasteiger partial charge in [-0.2, -0.15) is 0 Å². The lowest BCUT2D eigenvalue weighted by atomic mass is 9.80. The highest BCUT2D eigenvalue weighted by atomic mass is 16.6. The summed E-state index contributed by atoms with van der Waals surface area (Å²) in [7, 11) is 1.26. The van der Waals surface area contributed by atoms with E-state index in [9.17, 15) is 19.7 Å². The van der Waals surface area contributed by atoms with Gasteiger partial charge in [0.25, 0.3) is 5.69 Å². The second-order valence-corrected chi connectivity index (χ2v) is 9.73. The predicted molar refractivity (Wildman–Crippen MR) is 147 cm³/mol. The van der Waals surface area contributed by atoms with Gasteiger partial charge in [0, 0.05) is 61.9 Å². The summed E-state index contributed by atoms with van der Waals surface area (Å²) >= 11 is 0. The Morgan fingerprint density at radius 2 is 1.64 bits per heavy atom. The number of methoxy groups -OCH3 is 1. The maximum atomic E-state index is 13.4. The van der Waals surface area contributed by atoms with Crippen molar-refractivity contribution < 1.29 is 24.0 Å². The van der Waals surface area contributed by atoms with Gasteiger partial charge in [0.15, 0.2) is 0 Å². The van der Waals surface area contributed by atoms with E-state index in [4.69, 9.17) is 9.47 Å². The van der Waals surface area contributed by atoms with E-state index in [1.54, 1.807) is 19.9 Å². The lowest BCUT2D eigenvalue weighted by molar-refractivity contribution is -0.384. The fraction of sp³-hybridized carbons (Fsp3) is 0.379. The Bertz CT molecular complexity index is 1330. The van der Waals surface area contributed by atoms with Crippen molar-refractivity contribution in [2.75, 3.05) is 51.3 Å². The molecule has 10 heteroatoms. The topological polar surface area (TPSA) is 114 Å². The van der Waals surface area contributed by atoms with Crippen LogP contribution in [0.2, 0.25) is 0 Å². The van der Waals surface area contributed by atoms with Gasteiger partial charge < -0.3 is 19.7 Å². The number of nitrogens with one attached hydrogen (secondary N) is 1. The second kappa shape index (κ2) is 12.1. The molecule has 4 rings (SSSR count). The summed E-state index contributed by atoms with van der Waals surface area (Å²) in [6, 6.07) is 14.3. The van der Waals surface area contributed by atoms with Crippen LogP contribution in [0.4, 0.5) is 11.4 Å². The molecule has 2 aromatic carbocycles. The Kier molecular flexibility index (Phi) is 8.65. The Hall–Kier alpha value is -4.18. The summed E-state index contributed by atoms with van der Waals surface area (Å²) in [5.74, 6) is -2.08. The first kappa shape index (κ1) is 27.8. The summed E-state index contributed by atoms with van der Waals surface area (Å²) in [5.41, 5.74) is 4.26. The van der Waals surface area contributed by atoms with E-state index in [1.807, 2.05) is 12.1 Å². The first-order chi connectivity index (χ1) is 18.7. The molecule has 0 saturated carbocycles. The maximum absolute atomic E-state index is 13.4. The average molecular weight is 535 g/mol. The van der Waals surface area contributed by atoms with Gasteiger partial charge in [0.2, 0.25) is 0 Å². The highest BCUT2D eigenvalue weighted by Crippen LogP contribution is 2.40. The third-order valence-electron chi connectivity index (χ3n) is 7.27. The van der Waals surface area contributed by atoms with Gasteiger partial charge in [-0.1, -0.05) is 30.3 Å². The van der Waals surface area contributed by atoms with Gasteiger partial charge in [0.1, 0.15) is 6.61 Å². The highest BCUT2D eigenvalue weighted by molar-refractivity contribution is 5.99. The zero-order valence-corrected chi connectivity index (χ0v) is 22.7. The Morgan fingerprint density at radius 3 is 2.28 bits per heavy atom. The first-order valence-electron chi connectivity index (χ1n) is 12.9. The van der Waals surface area contributed by atoms with Crippen LogP contribution in [0.3, 0.4) is 0 Å². The number of non-ortho nitro benzene ring substituents is 1. The lowest BCUT2D eigenvalue weighted by Gasteiger charge is -2.36. The van der Waals surface area contributed by atoms with Gasteiger partial charge >= 0.3 is 11.9 Å². The van der Waals surface area contributed by atoms with Crippen LogP contribution in [-0.2, 0) is 19.1 Å². The number of ether oxygens (including phenoxy) is 2. The Labute approximate surface area is 228 Å². The van der Waals surface area contributed by atoms with Crippen molar-refractivity contribution in [1.29, 1.82) is 0 Å². The maximum Gasteiger partial charge on any atom is 0.336 e. The van der Waals surface area contributed by atoms with Crippen LogP contribution in [0.25, 0.3) is 0 Å². The van der Waals surface area contributed by atoms with E-state index >= 15 is 0 Å². The van der Waals surface area contributed by atoms with E-state index in [-0.39, 0.29) is 23.4 Å². The normalized spacial score (nSPS) is 18.1. The van der Waals surface area contributed by atoms with Crippen molar-refractivity contribution in [3.63, 3.8) is 0 Å². The molecule has 0 spiro atoms. The average Bonchev–Trinajstić information content (AvgIpc) is 2.93. The molecule has 0 aliphatic carbocycles. The zero-order chi connectivity index (χ0) is 28.1. The number of carbonyl (C=O) groups is 2. The Morgan fingerprint density at radius 1 is 0.974 bits per heavy atom. The minimum Gasteiger partial charge on any atom is -0.466 e. The van der Waals surface area contributed by atoms with Crippen molar-refractivity contribution in [2.45, 2.75) is 26.7 Å². The van der Waals surface area contributed by atoms with Crippen LogP contribution in [-0.4, -0.2) is 68.2 Å². The molecule has 2 aliphatic rings. The molecule has 206 valence electrons. The number of aryl methyl sites for hydroxylation is 1. The highest BCUT2D eigenvalue weighted by Gasteiger charge is 2.38. The van der Waals surface area contributed by atoms with Gasteiger partial charge in [0.05, 0.1) is 29.1 Å². The van der Waals surface area contributed by atoms with Crippen molar-refractivity contribution in [2.24, 2.45) is 0 Å². The van der Waals surface area contributed by atoms with Gasteiger partial charge in [-0.25, -0.2) is 9.59 Å². The first-order valence-corrected chi connectivity index (χ1v) is 12.9. The molecule has 1 saturated heterocycles. The molecule has 0 aromatic heterocycles. The zero-order valence-electron chi connectivity index (χ0n) is 22.7. The summed E-state index contributed by atoms with van der Waals surface area (Å²) in [6.07, 6.45) is 0. The number of benzene rings is 2. The molecule has 39 heavy (non-hydrogen) atoms. The monoisotopic (exact) mass is 534 g/mol. The quantitative estimate of drug-likeness (QED) is 0.308. The molecule has 0 amide bonds. The molecule has 2 heterocycles. The number of carbonyl (C=O) groups excluding carboxylic acids is 2. The summed E-state index contributed by atoms with van der Waals surface area (Å²) in [4.78, 5) is 41.8. The second-order valence-electron chi connectivity index (χ2n) is 9.73. The van der Waals surface area contributed by atoms with E-state index < -0.39 is 22.8 Å². The number of anilines is 1. The SMILES string of the molecule is COC(=O)C1=C(C)NC(C)=C(C(=O)OCCN2CCN(c3ccccc3C)CC2)C1c1cccc([N+](=O)[O-])c1. The van der Waals surface area contributed by atoms with Crippen molar-refractivity contribution in [1.82, 2.24) is 10.2 Å². The standard InChI is InChI=1S/C29H34N4O6/c1-19-8-5-6-11-24(19)32-14-12-31(13-15-32)16-17-39-29(35)26-21(3)30-20(2)25(28(34)38-4)27(26)22-9-7-10-23(18-22)33(36)37/h5-11,18,27,30H,12-17H2,1-4H3. The summed E-state index contributed by atoms with van der Waals surface area (Å²) in [6.45, 7) is 9.76. The number of hydrogen-bond acceptors (Lipinski definition) is 9. The van der Waals surface area contributed by atoms with Gasteiger partial charge in [-0.3, -0.25) is 15.0 Å². The number of rotatable bonds is 8. The van der Waals surface area contributed by atoms with Crippen LogP contribution in [0, 0.1) is 17.0 Å². The van der Waals surface area contributed by atoms with Crippen LogP contribution in [0.5, 0.6) is 0 Å². The molecule has 0 bridgehead atoms. The van der Waals surface area contributed by atoms with Crippen LogP contribution < -0.4 is 10.2 Å². The van der Waals surface area contributed by atoms with Gasteiger partial charge in [-0.15, -0.1) is 0 Å². The molecule has 2 aromatic rings. The third kappa shape index (κ3) is 6.12. The van der Waals surface area contributed by atoms with Crippen LogP contribution in [0.1, 0.15) is 30.9 Å². The molecule has 2 aliphatic heterocycles. The fourth-order valence-corrected chi connectivity index (χ4v) is 5.27.